The quantitative estimate of drug-likeness (QED) is 0.0972. The van der Waals surface area contributed by atoms with Gasteiger partial charge in [-0.2, -0.15) is 0 Å². The Labute approximate surface area is 242 Å². The van der Waals surface area contributed by atoms with Gasteiger partial charge in [0.1, 0.15) is 16.8 Å². The summed E-state index contributed by atoms with van der Waals surface area (Å²) < 4.78 is 7.17. The molecular weight excluding hydrogens is 624 g/mol. The maximum atomic E-state index is 13.7. The number of hydrogen-bond donors (Lipinski definition) is 1. The van der Waals surface area contributed by atoms with E-state index in [0.717, 1.165) is 15.8 Å². The number of nitrogens with zero attached hydrogens (tertiary/aromatic N) is 4. The number of amides is 1. The molecule has 0 radical (unpaired) electrons. The first kappa shape index (κ1) is 26.5. The van der Waals surface area contributed by atoms with Crippen LogP contribution in [0.15, 0.2) is 59.3 Å². The molecule has 1 fully saturated rings. The number of carbonyl (C=O) groups excluding carboxylic acids is 2. The number of fused-ring (bicyclic) bond motifs is 4. The summed E-state index contributed by atoms with van der Waals surface area (Å²) in [4.78, 5) is 55.6. The third-order valence-corrected chi connectivity index (χ3v) is 11.0. The number of benzene rings is 2. The van der Waals surface area contributed by atoms with Crippen molar-refractivity contribution in [1.82, 2.24) is 14.3 Å². The summed E-state index contributed by atoms with van der Waals surface area (Å²) in [5.74, 6) is -2.46. The number of ether oxygens (including phenoxy) is 1. The van der Waals surface area contributed by atoms with Crippen LogP contribution < -0.4 is 0 Å². The Balaban J connectivity index is 1.36. The molecule has 2 aliphatic heterocycles. The molecule has 1 N–H and O–H groups in total. The molecule has 0 bridgehead atoms. The van der Waals surface area contributed by atoms with Crippen molar-refractivity contribution in [3.05, 3.63) is 86.2 Å². The highest BCUT2D eigenvalue weighted by Crippen LogP contribution is 2.60. The lowest BCUT2D eigenvalue weighted by atomic mass is 9.88. The molecule has 204 valence electrons. The Morgan fingerprint density at radius 2 is 2.00 bits per heavy atom. The van der Waals surface area contributed by atoms with Gasteiger partial charge >= 0.3 is 11.9 Å². The molecule has 40 heavy (non-hydrogen) atoms. The molecule has 0 spiro atoms. The molecule has 6 rings (SSSR count). The van der Waals surface area contributed by atoms with Crippen LogP contribution in [0.4, 0.5) is 5.69 Å². The number of alkyl halides is 1. The molecule has 1 saturated heterocycles. The first-order valence-corrected chi connectivity index (χ1v) is 14.4. The third-order valence-electron chi connectivity index (χ3n) is 6.88. The van der Waals surface area contributed by atoms with Gasteiger partial charge in [0.25, 0.3) is 11.6 Å². The number of thiazole rings is 1. The highest BCUT2D eigenvalue weighted by molar-refractivity contribution is 9.10. The van der Waals surface area contributed by atoms with E-state index in [9.17, 15) is 29.6 Å². The number of aromatic nitrogens is 2. The second-order valence-corrected chi connectivity index (χ2v) is 12.9. The Morgan fingerprint density at radius 1 is 1.27 bits per heavy atom. The molecule has 2 aromatic heterocycles. The molecule has 0 saturated carbocycles. The molecular formula is C26H19BrN4O7S2. The van der Waals surface area contributed by atoms with Crippen LogP contribution in [0, 0.1) is 17.0 Å². The van der Waals surface area contributed by atoms with E-state index in [1.54, 1.807) is 18.3 Å². The summed E-state index contributed by atoms with van der Waals surface area (Å²) in [7, 11) is 0. The number of thioether (sulfide) groups is 1. The van der Waals surface area contributed by atoms with Crippen molar-refractivity contribution in [3.63, 3.8) is 0 Å². The minimum absolute atomic E-state index is 0.0825. The number of aryl methyl sites for hydroxylation is 1. The number of aliphatic carboxylic acids is 1. The van der Waals surface area contributed by atoms with Gasteiger partial charge in [-0.3, -0.25) is 29.0 Å². The lowest BCUT2D eigenvalue weighted by molar-refractivity contribution is -0.384. The average molecular weight is 643 g/mol. The number of rotatable bonds is 7. The van der Waals surface area contributed by atoms with E-state index in [1.165, 1.54) is 47.1 Å². The summed E-state index contributed by atoms with van der Waals surface area (Å²) in [5, 5.41) is 20.3. The molecule has 0 aliphatic carbocycles. The number of non-ortho nitro benzene ring substituents is 1. The molecule has 3 atom stereocenters. The number of β-lactam (4-membered cyclic amide) rings is 1. The Morgan fingerprint density at radius 3 is 2.65 bits per heavy atom. The van der Waals surface area contributed by atoms with Gasteiger partial charge < -0.3 is 9.84 Å². The predicted molar refractivity (Wildman–Crippen MR) is 151 cm³/mol. The van der Waals surface area contributed by atoms with E-state index in [1.807, 2.05) is 29.5 Å². The molecule has 3 unspecified atom stereocenters. The second-order valence-electron chi connectivity index (χ2n) is 9.42. The highest BCUT2D eigenvalue weighted by Gasteiger charge is 2.70. The number of carboxylic acid groups (broad SMARTS) is 1. The van der Waals surface area contributed by atoms with Gasteiger partial charge in [0.05, 0.1) is 15.1 Å². The molecule has 2 aromatic carbocycles. The summed E-state index contributed by atoms with van der Waals surface area (Å²) in [6.07, 6.45) is 0.757. The van der Waals surface area contributed by atoms with Crippen LogP contribution in [0.25, 0.3) is 15.2 Å². The highest BCUT2D eigenvalue weighted by atomic mass is 79.9. The molecule has 11 nitrogen and oxygen atoms in total. The number of carbonyl (C=O) groups is 3. The predicted octanol–water partition coefficient (Wildman–Crippen LogP) is 4.96. The number of nitro groups is 1. The number of halogens is 1. The summed E-state index contributed by atoms with van der Waals surface area (Å²) in [5.41, 5.74) is 2.79. The van der Waals surface area contributed by atoms with Gasteiger partial charge in [-0.15, -0.1) is 11.8 Å². The Kier molecular flexibility index (Phi) is 6.23. The number of nitro benzene ring substituents is 1. The van der Waals surface area contributed by atoms with Gasteiger partial charge in [-0.05, 0) is 24.1 Å². The van der Waals surface area contributed by atoms with Crippen LogP contribution in [0.5, 0.6) is 0 Å². The molecule has 2 aliphatic rings. The maximum absolute atomic E-state index is 13.7. The number of allylic oxidation sites excluding steroid dienone is 1. The SMILES string of the molecule is CC(=O)OC(c1cn2c(n1)sc1c(C)cccc12)C1(Br)C(=O)N2C(C(=O)O)=C(Cc3ccc([N+](=O)[O-])cc3)SC21. The average Bonchev–Trinajstić information content (AvgIpc) is 3.58. The van der Waals surface area contributed by atoms with Gasteiger partial charge in [0, 0.05) is 36.6 Å². The van der Waals surface area contributed by atoms with Crippen molar-refractivity contribution in [3.8, 4) is 0 Å². The van der Waals surface area contributed by atoms with Crippen molar-refractivity contribution < 1.29 is 29.2 Å². The minimum Gasteiger partial charge on any atom is -0.477 e. The van der Waals surface area contributed by atoms with Crippen LogP contribution in [0.1, 0.15) is 29.8 Å². The standard InChI is InChI=1S/C26H19BrN4O7S2/c1-12-4-3-5-17-20(12)40-25-28-16(11-29(17)25)21(38-13(2)32)26(27)23(35)30-19(22(33)34)18(39-24(26)30)10-14-6-8-15(9-7-14)31(36)37/h3-9,11,21,24H,10H2,1-2H3,(H,33,34). The van der Waals surface area contributed by atoms with Crippen molar-refractivity contribution in [2.75, 3.05) is 0 Å². The zero-order chi connectivity index (χ0) is 28.5. The van der Waals surface area contributed by atoms with Crippen molar-refractivity contribution in [2.24, 2.45) is 0 Å². The van der Waals surface area contributed by atoms with Crippen LogP contribution >= 0.6 is 39.0 Å². The van der Waals surface area contributed by atoms with Gasteiger partial charge in [-0.1, -0.05) is 51.5 Å². The topological polar surface area (TPSA) is 144 Å². The van der Waals surface area contributed by atoms with Crippen LogP contribution in [-0.4, -0.2) is 51.9 Å². The fourth-order valence-corrected chi connectivity index (χ4v) is 8.65. The Bertz CT molecular complexity index is 1800. The molecule has 14 heteroatoms. The lowest BCUT2D eigenvalue weighted by Crippen LogP contribution is -2.70. The molecule has 4 aromatic rings. The summed E-state index contributed by atoms with van der Waals surface area (Å²) in [6, 6.07) is 11.7. The smallest absolute Gasteiger partial charge is 0.353 e. The number of imidazole rings is 1. The minimum atomic E-state index is -1.48. The summed E-state index contributed by atoms with van der Waals surface area (Å²) >= 11 is 6.22. The first-order valence-electron chi connectivity index (χ1n) is 11.9. The van der Waals surface area contributed by atoms with Crippen molar-refractivity contribution in [1.29, 1.82) is 0 Å². The van der Waals surface area contributed by atoms with Gasteiger partial charge in [-0.25, -0.2) is 9.78 Å². The molecule has 1 amide bonds. The van der Waals surface area contributed by atoms with E-state index in [2.05, 4.69) is 15.9 Å². The number of esters is 1. The van der Waals surface area contributed by atoms with Crippen molar-refractivity contribution in [2.45, 2.75) is 36.1 Å². The second kappa shape index (κ2) is 9.42. The first-order chi connectivity index (χ1) is 19.0. The summed E-state index contributed by atoms with van der Waals surface area (Å²) in [6.45, 7) is 3.25. The van der Waals surface area contributed by atoms with Crippen LogP contribution in [0.2, 0.25) is 0 Å². The monoisotopic (exact) mass is 642 g/mol. The molecule has 4 heterocycles. The van der Waals surface area contributed by atoms with E-state index in [0.29, 0.717) is 21.1 Å². The third kappa shape index (κ3) is 3.92. The van der Waals surface area contributed by atoms with E-state index < -0.39 is 38.6 Å². The van der Waals surface area contributed by atoms with Gasteiger partial charge in [0.2, 0.25) is 0 Å². The maximum Gasteiger partial charge on any atom is 0.353 e. The number of carboxylic acids is 1. The fraction of sp³-hybridized carbons (Fsp3) is 0.231. The normalized spacial score (nSPS) is 21.0. The lowest BCUT2D eigenvalue weighted by Gasteiger charge is -2.51. The van der Waals surface area contributed by atoms with E-state index >= 15 is 0 Å². The zero-order valence-corrected chi connectivity index (χ0v) is 24.1. The Hall–Kier alpha value is -3.75. The van der Waals surface area contributed by atoms with Crippen LogP contribution in [-0.2, 0) is 25.5 Å². The van der Waals surface area contributed by atoms with Gasteiger partial charge in [0.15, 0.2) is 15.4 Å². The van der Waals surface area contributed by atoms with Crippen LogP contribution in [0.3, 0.4) is 0 Å². The van der Waals surface area contributed by atoms with E-state index in [4.69, 9.17) is 9.72 Å². The number of hydrogen-bond acceptors (Lipinski definition) is 9. The van der Waals surface area contributed by atoms with Crippen molar-refractivity contribution >= 4 is 77.7 Å². The van der Waals surface area contributed by atoms with E-state index in [-0.39, 0.29) is 17.8 Å². The largest absolute Gasteiger partial charge is 0.477 e. The fourth-order valence-electron chi connectivity index (χ4n) is 5.04. The zero-order valence-electron chi connectivity index (χ0n) is 20.9.